The van der Waals surface area contributed by atoms with Crippen LogP contribution in [0.2, 0.25) is 0 Å². The number of hydrogen-bond donors (Lipinski definition) is 0. The van der Waals surface area contributed by atoms with E-state index in [1.807, 2.05) is 11.5 Å². The molecule has 0 aliphatic rings. The molecule has 0 saturated carbocycles. The molecule has 1 aromatic carbocycles. The van der Waals surface area contributed by atoms with E-state index in [4.69, 9.17) is 4.74 Å². The molecule has 5 heteroatoms. The highest BCUT2D eigenvalue weighted by atomic mass is 79.9. The topological polar surface area (TPSA) is 27.1 Å². The Balaban J connectivity index is 2.09. The molecular weight excluding hydrogens is 287 g/mol. The van der Waals surface area contributed by atoms with Crippen molar-refractivity contribution < 1.29 is 9.13 Å². The summed E-state index contributed by atoms with van der Waals surface area (Å²) in [7, 11) is 0. The van der Waals surface area contributed by atoms with Gasteiger partial charge in [-0.3, -0.25) is 0 Å². The van der Waals surface area contributed by atoms with Gasteiger partial charge < -0.3 is 9.30 Å². The van der Waals surface area contributed by atoms with Gasteiger partial charge in [0, 0.05) is 12.6 Å². The van der Waals surface area contributed by atoms with Crippen molar-refractivity contribution in [3.05, 3.63) is 46.7 Å². The molecule has 17 heavy (non-hydrogen) atoms. The van der Waals surface area contributed by atoms with E-state index in [0.717, 1.165) is 16.7 Å². The summed E-state index contributed by atoms with van der Waals surface area (Å²) in [5, 5.41) is 0. The summed E-state index contributed by atoms with van der Waals surface area (Å²) in [6.07, 6.45) is 3.50. The van der Waals surface area contributed by atoms with Gasteiger partial charge in [0.15, 0.2) is 0 Å². The van der Waals surface area contributed by atoms with E-state index in [-0.39, 0.29) is 5.82 Å². The fourth-order valence-electron chi connectivity index (χ4n) is 1.49. The van der Waals surface area contributed by atoms with E-state index in [0.29, 0.717) is 12.4 Å². The third-order valence-electron chi connectivity index (χ3n) is 2.41. The minimum Gasteiger partial charge on any atom is -0.486 e. The van der Waals surface area contributed by atoms with E-state index in [9.17, 15) is 4.39 Å². The van der Waals surface area contributed by atoms with Crippen LogP contribution in [-0.2, 0) is 13.2 Å². The SMILES string of the molecule is CCn1cncc1COc1cc(F)ccc1Br. The molecule has 1 heterocycles. The van der Waals surface area contributed by atoms with Gasteiger partial charge in [0.25, 0.3) is 0 Å². The fraction of sp³-hybridized carbons (Fsp3) is 0.250. The molecule has 0 aliphatic heterocycles. The fourth-order valence-corrected chi connectivity index (χ4v) is 1.85. The summed E-state index contributed by atoms with van der Waals surface area (Å²) in [5.41, 5.74) is 0.962. The average molecular weight is 299 g/mol. The van der Waals surface area contributed by atoms with Gasteiger partial charge in [-0.15, -0.1) is 0 Å². The zero-order chi connectivity index (χ0) is 12.3. The Morgan fingerprint density at radius 2 is 2.29 bits per heavy atom. The maximum Gasteiger partial charge on any atom is 0.136 e. The second-order valence-electron chi connectivity index (χ2n) is 3.53. The van der Waals surface area contributed by atoms with Gasteiger partial charge in [0.2, 0.25) is 0 Å². The molecule has 0 saturated heterocycles. The Bertz CT molecular complexity index is 513. The van der Waals surface area contributed by atoms with Crippen molar-refractivity contribution in [3.8, 4) is 5.75 Å². The third kappa shape index (κ3) is 2.85. The highest BCUT2D eigenvalue weighted by Gasteiger charge is 2.05. The lowest BCUT2D eigenvalue weighted by Crippen LogP contribution is -2.04. The zero-order valence-corrected chi connectivity index (χ0v) is 10.9. The maximum absolute atomic E-state index is 13.0. The van der Waals surface area contributed by atoms with Crippen LogP contribution in [0, 0.1) is 5.82 Å². The number of hydrogen-bond acceptors (Lipinski definition) is 2. The molecule has 0 aliphatic carbocycles. The summed E-state index contributed by atoms with van der Waals surface area (Å²) >= 11 is 3.32. The van der Waals surface area contributed by atoms with Crippen molar-refractivity contribution >= 4 is 15.9 Å². The van der Waals surface area contributed by atoms with Crippen LogP contribution < -0.4 is 4.74 Å². The van der Waals surface area contributed by atoms with Crippen LogP contribution >= 0.6 is 15.9 Å². The van der Waals surface area contributed by atoms with E-state index in [1.165, 1.54) is 12.1 Å². The van der Waals surface area contributed by atoms with Crippen LogP contribution in [-0.4, -0.2) is 9.55 Å². The van der Waals surface area contributed by atoms with Crippen molar-refractivity contribution in [1.29, 1.82) is 0 Å². The molecule has 0 atom stereocenters. The Labute approximate surface area is 107 Å². The minimum atomic E-state index is -0.313. The molecule has 0 spiro atoms. The van der Waals surface area contributed by atoms with Gasteiger partial charge in [-0.2, -0.15) is 0 Å². The quantitative estimate of drug-likeness (QED) is 0.865. The van der Waals surface area contributed by atoms with E-state index in [1.54, 1.807) is 18.6 Å². The first-order valence-electron chi connectivity index (χ1n) is 5.27. The van der Waals surface area contributed by atoms with Gasteiger partial charge in [0.05, 0.1) is 22.7 Å². The number of ether oxygens (including phenoxy) is 1. The Hall–Kier alpha value is -1.36. The predicted octanol–water partition coefficient (Wildman–Crippen LogP) is 3.38. The lowest BCUT2D eigenvalue weighted by atomic mass is 10.3. The van der Waals surface area contributed by atoms with Crippen LogP contribution in [0.3, 0.4) is 0 Å². The molecule has 0 bridgehead atoms. The minimum absolute atomic E-state index is 0.313. The van der Waals surface area contributed by atoms with Crippen molar-refractivity contribution in [2.24, 2.45) is 0 Å². The number of aryl methyl sites for hydroxylation is 1. The summed E-state index contributed by atoms with van der Waals surface area (Å²) in [4.78, 5) is 4.04. The smallest absolute Gasteiger partial charge is 0.136 e. The molecule has 0 unspecified atom stereocenters. The largest absolute Gasteiger partial charge is 0.486 e. The van der Waals surface area contributed by atoms with Crippen LogP contribution in [0.4, 0.5) is 4.39 Å². The monoisotopic (exact) mass is 298 g/mol. The van der Waals surface area contributed by atoms with E-state index in [2.05, 4.69) is 20.9 Å². The van der Waals surface area contributed by atoms with Gasteiger partial charge in [-0.05, 0) is 35.0 Å². The summed E-state index contributed by atoms with van der Waals surface area (Å²) in [5.74, 6) is 0.182. The van der Waals surface area contributed by atoms with Crippen LogP contribution in [0.5, 0.6) is 5.75 Å². The second-order valence-corrected chi connectivity index (χ2v) is 4.39. The molecule has 2 aromatic rings. The Kier molecular flexibility index (Phi) is 3.78. The van der Waals surface area contributed by atoms with Crippen molar-refractivity contribution in [3.63, 3.8) is 0 Å². The Morgan fingerprint density at radius 3 is 3.06 bits per heavy atom. The molecule has 0 fully saturated rings. The van der Waals surface area contributed by atoms with E-state index < -0.39 is 0 Å². The first kappa shape index (κ1) is 12.1. The van der Waals surface area contributed by atoms with Gasteiger partial charge >= 0.3 is 0 Å². The predicted molar refractivity (Wildman–Crippen MR) is 66.3 cm³/mol. The molecule has 0 amide bonds. The molecule has 3 nitrogen and oxygen atoms in total. The average Bonchev–Trinajstić information content (AvgIpc) is 2.77. The number of imidazole rings is 1. The van der Waals surface area contributed by atoms with Crippen molar-refractivity contribution in [2.75, 3.05) is 0 Å². The first-order valence-corrected chi connectivity index (χ1v) is 6.07. The molecule has 0 radical (unpaired) electrons. The highest BCUT2D eigenvalue weighted by molar-refractivity contribution is 9.10. The first-order chi connectivity index (χ1) is 8.20. The molecular formula is C12H12BrFN2O. The van der Waals surface area contributed by atoms with Gasteiger partial charge in [-0.1, -0.05) is 0 Å². The normalized spacial score (nSPS) is 10.5. The van der Waals surface area contributed by atoms with Crippen LogP contribution in [0.25, 0.3) is 0 Å². The summed E-state index contributed by atoms with van der Waals surface area (Å²) in [6, 6.07) is 4.37. The van der Waals surface area contributed by atoms with Crippen LogP contribution in [0.15, 0.2) is 35.2 Å². The maximum atomic E-state index is 13.0. The van der Waals surface area contributed by atoms with Gasteiger partial charge in [0.1, 0.15) is 18.2 Å². The standard InChI is InChI=1S/C12H12BrFN2O/c1-2-16-8-15-6-10(16)7-17-12-5-9(14)3-4-11(12)13/h3-6,8H,2,7H2,1H3. The summed E-state index contributed by atoms with van der Waals surface area (Å²) in [6.45, 7) is 3.24. The number of rotatable bonds is 4. The molecule has 90 valence electrons. The third-order valence-corrected chi connectivity index (χ3v) is 3.06. The van der Waals surface area contributed by atoms with Crippen LogP contribution in [0.1, 0.15) is 12.6 Å². The van der Waals surface area contributed by atoms with Gasteiger partial charge in [-0.25, -0.2) is 9.37 Å². The molecule has 2 rings (SSSR count). The number of halogens is 2. The Morgan fingerprint density at radius 1 is 1.47 bits per heavy atom. The highest BCUT2D eigenvalue weighted by Crippen LogP contribution is 2.26. The lowest BCUT2D eigenvalue weighted by Gasteiger charge is -2.09. The second kappa shape index (κ2) is 5.31. The molecule has 1 aromatic heterocycles. The van der Waals surface area contributed by atoms with Crippen molar-refractivity contribution in [2.45, 2.75) is 20.1 Å². The van der Waals surface area contributed by atoms with E-state index >= 15 is 0 Å². The number of nitrogens with zero attached hydrogens (tertiary/aromatic N) is 2. The van der Waals surface area contributed by atoms with Crippen molar-refractivity contribution in [1.82, 2.24) is 9.55 Å². The zero-order valence-electron chi connectivity index (χ0n) is 9.36. The summed E-state index contributed by atoms with van der Waals surface area (Å²) < 4.78 is 21.3. The number of benzene rings is 1. The lowest BCUT2D eigenvalue weighted by molar-refractivity contribution is 0.292. The number of aromatic nitrogens is 2. The molecule has 0 N–H and O–H groups in total.